The number of anilines is 1. The van der Waals surface area contributed by atoms with Gasteiger partial charge < -0.3 is 19.4 Å². The maximum atomic E-state index is 5.65. The second-order valence-electron chi connectivity index (χ2n) is 5.50. The molecule has 1 saturated carbocycles. The van der Waals surface area contributed by atoms with E-state index < -0.39 is 0 Å². The molecule has 1 aliphatic heterocycles. The predicted octanol–water partition coefficient (Wildman–Crippen LogP) is 2.13. The monoisotopic (exact) mass is 265 g/mol. The molecule has 0 spiro atoms. The Morgan fingerprint density at radius 1 is 1.37 bits per heavy atom. The fourth-order valence-electron chi connectivity index (χ4n) is 2.97. The number of hydrogen-bond acceptors (Lipinski definition) is 4. The smallest absolute Gasteiger partial charge is 0.203 e. The molecule has 1 unspecified atom stereocenters. The molecule has 0 radical (unpaired) electrons. The summed E-state index contributed by atoms with van der Waals surface area (Å²) in [6.07, 6.45) is 7.52. The van der Waals surface area contributed by atoms with Gasteiger partial charge in [0.1, 0.15) is 0 Å². The van der Waals surface area contributed by atoms with Crippen molar-refractivity contribution in [2.75, 3.05) is 31.7 Å². The summed E-state index contributed by atoms with van der Waals surface area (Å²) in [5, 5.41) is 3.43. The van der Waals surface area contributed by atoms with Crippen LogP contribution in [-0.4, -0.2) is 42.0 Å². The van der Waals surface area contributed by atoms with Crippen molar-refractivity contribution in [3.8, 4) is 0 Å². The first-order chi connectivity index (χ1) is 9.33. The Labute approximate surface area is 114 Å². The summed E-state index contributed by atoms with van der Waals surface area (Å²) in [5.41, 5.74) is 1.08. The van der Waals surface area contributed by atoms with Crippen LogP contribution >= 0.6 is 0 Å². The van der Waals surface area contributed by atoms with Crippen molar-refractivity contribution in [1.82, 2.24) is 9.55 Å². The van der Waals surface area contributed by atoms with Crippen LogP contribution in [0.3, 0.4) is 0 Å². The zero-order valence-corrected chi connectivity index (χ0v) is 11.6. The Kier molecular flexibility index (Phi) is 4.03. The molecule has 1 aromatic heterocycles. The van der Waals surface area contributed by atoms with Crippen molar-refractivity contribution < 1.29 is 9.47 Å². The SMILES string of the molecule is Cc1cn(C2CCCC2)c(NCC2COCCO2)n1. The second kappa shape index (κ2) is 5.92. The predicted molar refractivity (Wildman–Crippen MR) is 73.5 cm³/mol. The third-order valence-corrected chi connectivity index (χ3v) is 3.94. The zero-order valence-electron chi connectivity index (χ0n) is 11.6. The van der Waals surface area contributed by atoms with Gasteiger partial charge in [-0.15, -0.1) is 0 Å². The lowest BCUT2D eigenvalue weighted by atomic mass is 10.2. The summed E-state index contributed by atoms with van der Waals surface area (Å²) >= 11 is 0. The van der Waals surface area contributed by atoms with E-state index in [1.54, 1.807) is 0 Å². The number of nitrogens with zero attached hydrogens (tertiary/aromatic N) is 2. The minimum absolute atomic E-state index is 0.141. The van der Waals surface area contributed by atoms with Gasteiger partial charge in [-0.2, -0.15) is 0 Å². The molecule has 1 saturated heterocycles. The van der Waals surface area contributed by atoms with Crippen molar-refractivity contribution in [2.45, 2.75) is 44.8 Å². The lowest BCUT2D eigenvalue weighted by molar-refractivity contribution is -0.0819. The summed E-state index contributed by atoms with van der Waals surface area (Å²) in [6.45, 7) is 4.91. The molecule has 5 nitrogen and oxygen atoms in total. The van der Waals surface area contributed by atoms with Crippen LogP contribution in [0.1, 0.15) is 37.4 Å². The summed E-state index contributed by atoms with van der Waals surface area (Å²) in [7, 11) is 0. The number of nitrogens with one attached hydrogen (secondary N) is 1. The summed E-state index contributed by atoms with van der Waals surface area (Å²) < 4.78 is 13.4. The van der Waals surface area contributed by atoms with Crippen LogP contribution in [0, 0.1) is 6.92 Å². The highest BCUT2D eigenvalue weighted by molar-refractivity contribution is 5.30. The van der Waals surface area contributed by atoms with Crippen LogP contribution in [0.4, 0.5) is 5.95 Å². The standard InChI is InChI=1S/C14H23N3O2/c1-11-9-17(12-4-2-3-5-12)14(16-11)15-8-13-10-18-6-7-19-13/h9,12-13H,2-8,10H2,1H3,(H,15,16). The summed E-state index contributed by atoms with van der Waals surface area (Å²) in [5.74, 6) is 0.985. The van der Waals surface area contributed by atoms with E-state index in [0.717, 1.165) is 18.2 Å². The maximum absolute atomic E-state index is 5.65. The van der Waals surface area contributed by atoms with Gasteiger partial charge in [0.25, 0.3) is 0 Å². The first-order valence-corrected chi connectivity index (χ1v) is 7.31. The van der Waals surface area contributed by atoms with Gasteiger partial charge >= 0.3 is 0 Å². The van der Waals surface area contributed by atoms with Crippen LogP contribution < -0.4 is 5.32 Å². The number of hydrogen-bond donors (Lipinski definition) is 1. The van der Waals surface area contributed by atoms with E-state index in [1.165, 1.54) is 25.7 Å². The minimum atomic E-state index is 0.141. The average molecular weight is 265 g/mol. The van der Waals surface area contributed by atoms with E-state index >= 15 is 0 Å². The Morgan fingerprint density at radius 3 is 2.95 bits per heavy atom. The molecule has 2 fully saturated rings. The second-order valence-corrected chi connectivity index (χ2v) is 5.50. The van der Waals surface area contributed by atoms with Gasteiger partial charge in [0.05, 0.1) is 31.6 Å². The van der Waals surface area contributed by atoms with E-state index in [-0.39, 0.29) is 6.10 Å². The van der Waals surface area contributed by atoms with Gasteiger partial charge in [-0.25, -0.2) is 4.98 Å². The molecule has 2 aliphatic rings. The molecule has 0 amide bonds. The van der Waals surface area contributed by atoms with Crippen molar-refractivity contribution >= 4 is 5.95 Å². The number of aromatic nitrogens is 2. The summed E-state index contributed by atoms with van der Waals surface area (Å²) in [6, 6.07) is 0.618. The van der Waals surface area contributed by atoms with Crippen LogP contribution in [0.15, 0.2) is 6.20 Å². The van der Waals surface area contributed by atoms with Crippen LogP contribution in [0.25, 0.3) is 0 Å². The lowest BCUT2D eigenvalue weighted by Crippen LogP contribution is -2.34. The normalized spacial score (nSPS) is 24.8. The Hall–Kier alpha value is -1.07. The number of ether oxygens (including phenoxy) is 2. The van der Waals surface area contributed by atoms with Crippen LogP contribution in [0.5, 0.6) is 0 Å². The first-order valence-electron chi connectivity index (χ1n) is 7.31. The lowest BCUT2D eigenvalue weighted by Gasteiger charge is -2.24. The molecule has 1 aliphatic carbocycles. The maximum Gasteiger partial charge on any atom is 0.203 e. The van der Waals surface area contributed by atoms with E-state index in [2.05, 4.69) is 28.0 Å². The summed E-state index contributed by atoms with van der Waals surface area (Å²) in [4.78, 5) is 4.60. The minimum Gasteiger partial charge on any atom is -0.376 e. The Morgan fingerprint density at radius 2 is 2.21 bits per heavy atom. The van der Waals surface area contributed by atoms with Gasteiger partial charge in [-0.05, 0) is 19.8 Å². The van der Waals surface area contributed by atoms with Crippen LogP contribution in [-0.2, 0) is 9.47 Å². The fourth-order valence-corrected chi connectivity index (χ4v) is 2.97. The van der Waals surface area contributed by atoms with E-state index in [4.69, 9.17) is 9.47 Å². The molecule has 0 bridgehead atoms. The number of aryl methyl sites for hydroxylation is 1. The van der Waals surface area contributed by atoms with Gasteiger partial charge in [-0.3, -0.25) is 0 Å². The molecule has 3 rings (SSSR count). The number of rotatable bonds is 4. The molecular weight excluding hydrogens is 242 g/mol. The molecule has 19 heavy (non-hydrogen) atoms. The molecule has 0 aromatic carbocycles. The third kappa shape index (κ3) is 3.09. The van der Waals surface area contributed by atoms with Crippen molar-refractivity contribution in [3.63, 3.8) is 0 Å². The molecular formula is C14H23N3O2. The quantitative estimate of drug-likeness (QED) is 0.906. The molecule has 106 valence electrons. The molecule has 1 atom stereocenters. The Bertz CT molecular complexity index is 407. The molecule has 1 N–H and O–H groups in total. The highest BCUT2D eigenvalue weighted by Crippen LogP contribution is 2.32. The largest absolute Gasteiger partial charge is 0.376 e. The van der Waals surface area contributed by atoms with Gasteiger partial charge in [-0.1, -0.05) is 12.8 Å². The zero-order chi connectivity index (χ0) is 13.1. The van der Waals surface area contributed by atoms with Crippen molar-refractivity contribution in [2.24, 2.45) is 0 Å². The van der Waals surface area contributed by atoms with E-state index in [1.807, 2.05) is 0 Å². The van der Waals surface area contributed by atoms with Crippen LogP contribution in [0.2, 0.25) is 0 Å². The highest BCUT2D eigenvalue weighted by atomic mass is 16.6. The molecule has 1 aromatic rings. The van der Waals surface area contributed by atoms with E-state index in [0.29, 0.717) is 25.9 Å². The van der Waals surface area contributed by atoms with Gasteiger partial charge in [0.15, 0.2) is 0 Å². The first kappa shape index (κ1) is 12.9. The fraction of sp³-hybridized carbons (Fsp3) is 0.786. The van der Waals surface area contributed by atoms with Gasteiger partial charge in [0, 0.05) is 18.8 Å². The molecule has 2 heterocycles. The average Bonchev–Trinajstić information content (AvgIpc) is 3.06. The molecule has 5 heteroatoms. The van der Waals surface area contributed by atoms with Crippen molar-refractivity contribution in [3.05, 3.63) is 11.9 Å². The highest BCUT2D eigenvalue weighted by Gasteiger charge is 2.21. The number of imidazole rings is 1. The topological polar surface area (TPSA) is 48.3 Å². The van der Waals surface area contributed by atoms with E-state index in [9.17, 15) is 0 Å². The Balaban J connectivity index is 1.62. The third-order valence-electron chi connectivity index (χ3n) is 3.94. The van der Waals surface area contributed by atoms with Crippen molar-refractivity contribution in [1.29, 1.82) is 0 Å². The van der Waals surface area contributed by atoms with Gasteiger partial charge in [0.2, 0.25) is 5.95 Å².